The predicted molar refractivity (Wildman–Crippen MR) is 106 cm³/mol. The van der Waals surface area contributed by atoms with Crippen LogP contribution in [0.3, 0.4) is 0 Å². The van der Waals surface area contributed by atoms with Gasteiger partial charge in [-0.1, -0.05) is 37.3 Å². The number of hydrogen-bond acceptors (Lipinski definition) is 4. The largest absolute Gasteiger partial charge is 0.493 e. The Balaban J connectivity index is 1.95. The summed E-state index contributed by atoms with van der Waals surface area (Å²) < 4.78 is 43.9. The number of benzene rings is 2. The summed E-state index contributed by atoms with van der Waals surface area (Å²) in [4.78, 5) is 14.8. The molecule has 3 rings (SSSR count). The van der Waals surface area contributed by atoms with Gasteiger partial charge in [-0.15, -0.1) is 0 Å². The number of amides is 1. The van der Waals surface area contributed by atoms with Crippen LogP contribution in [0.25, 0.3) is 0 Å². The highest BCUT2D eigenvalue weighted by Crippen LogP contribution is 2.27. The van der Waals surface area contributed by atoms with Crippen molar-refractivity contribution in [3.63, 3.8) is 0 Å². The number of carbonyl (C=O) groups is 1. The van der Waals surface area contributed by atoms with Gasteiger partial charge in [0.1, 0.15) is 11.6 Å². The van der Waals surface area contributed by atoms with Crippen LogP contribution < -0.4 is 4.74 Å². The summed E-state index contributed by atoms with van der Waals surface area (Å²) in [7, 11) is -3.20. The number of sulfone groups is 1. The standard InChI is InChI=1S/C21H24FNO4S/c1-2-12-27-20-10-6-4-8-18(20)21(24)23(17-11-13-28(25,26)15-17)14-16-7-3-5-9-19(16)22/h3-10,17H,2,11-15H2,1H3. The van der Waals surface area contributed by atoms with E-state index in [9.17, 15) is 17.6 Å². The molecule has 1 fully saturated rings. The molecule has 0 saturated carbocycles. The minimum Gasteiger partial charge on any atom is -0.493 e. The quantitative estimate of drug-likeness (QED) is 0.708. The van der Waals surface area contributed by atoms with E-state index >= 15 is 0 Å². The first-order valence-electron chi connectivity index (χ1n) is 9.38. The second-order valence-corrected chi connectivity index (χ2v) is 9.15. The van der Waals surface area contributed by atoms with Crippen molar-refractivity contribution in [2.24, 2.45) is 0 Å². The van der Waals surface area contributed by atoms with Gasteiger partial charge in [-0.3, -0.25) is 4.79 Å². The van der Waals surface area contributed by atoms with Crippen molar-refractivity contribution in [2.45, 2.75) is 32.4 Å². The van der Waals surface area contributed by atoms with Gasteiger partial charge in [0.15, 0.2) is 9.84 Å². The maximum absolute atomic E-state index is 14.2. The summed E-state index contributed by atoms with van der Waals surface area (Å²) >= 11 is 0. The molecule has 0 N–H and O–H groups in total. The first kappa shape index (κ1) is 20.3. The molecule has 1 atom stereocenters. The maximum atomic E-state index is 14.2. The molecule has 1 amide bonds. The topological polar surface area (TPSA) is 63.7 Å². The Hall–Kier alpha value is -2.41. The third kappa shape index (κ3) is 4.70. The minimum atomic E-state index is -3.20. The zero-order valence-corrected chi connectivity index (χ0v) is 16.6. The van der Waals surface area contributed by atoms with Gasteiger partial charge < -0.3 is 9.64 Å². The van der Waals surface area contributed by atoms with Gasteiger partial charge in [-0.05, 0) is 31.0 Å². The molecule has 0 radical (unpaired) electrons. The second-order valence-electron chi connectivity index (χ2n) is 6.93. The molecule has 0 aliphatic carbocycles. The summed E-state index contributed by atoms with van der Waals surface area (Å²) in [6.45, 7) is 2.45. The average molecular weight is 405 g/mol. The van der Waals surface area contributed by atoms with Crippen LogP contribution in [0.1, 0.15) is 35.7 Å². The van der Waals surface area contributed by atoms with Gasteiger partial charge >= 0.3 is 0 Å². The molecule has 150 valence electrons. The summed E-state index contributed by atoms with van der Waals surface area (Å²) in [6, 6.07) is 12.6. The van der Waals surface area contributed by atoms with Crippen LogP contribution in [-0.4, -0.2) is 43.4 Å². The fourth-order valence-electron chi connectivity index (χ4n) is 3.33. The first-order chi connectivity index (χ1) is 13.4. The van der Waals surface area contributed by atoms with Crippen molar-refractivity contribution in [3.8, 4) is 5.75 Å². The van der Waals surface area contributed by atoms with Gasteiger partial charge in [0, 0.05) is 18.2 Å². The van der Waals surface area contributed by atoms with E-state index in [-0.39, 0.29) is 24.0 Å². The Bertz CT molecular complexity index is 945. The monoisotopic (exact) mass is 405 g/mol. The van der Waals surface area contributed by atoms with Crippen LogP contribution >= 0.6 is 0 Å². The van der Waals surface area contributed by atoms with E-state index in [1.165, 1.54) is 11.0 Å². The van der Waals surface area contributed by atoms with E-state index in [4.69, 9.17) is 4.74 Å². The van der Waals surface area contributed by atoms with Crippen molar-refractivity contribution < 1.29 is 22.3 Å². The van der Waals surface area contributed by atoms with Crippen molar-refractivity contribution in [1.82, 2.24) is 4.90 Å². The summed E-state index contributed by atoms with van der Waals surface area (Å²) in [5.41, 5.74) is 0.712. The molecule has 1 aliphatic rings. The van der Waals surface area contributed by atoms with Crippen molar-refractivity contribution >= 4 is 15.7 Å². The highest BCUT2D eigenvalue weighted by molar-refractivity contribution is 7.91. The van der Waals surface area contributed by atoms with Gasteiger partial charge in [0.25, 0.3) is 5.91 Å². The van der Waals surface area contributed by atoms with Gasteiger partial charge in [0.05, 0.1) is 23.7 Å². The normalized spacial score (nSPS) is 18.0. The molecule has 5 nitrogen and oxygen atoms in total. The lowest BCUT2D eigenvalue weighted by atomic mass is 10.1. The van der Waals surface area contributed by atoms with Crippen molar-refractivity contribution in [2.75, 3.05) is 18.1 Å². The lowest BCUT2D eigenvalue weighted by Gasteiger charge is -2.29. The van der Waals surface area contributed by atoms with E-state index in [1.54, 1.807) is 42.5 Å². The lowest BCUT2D eigenvalue weighted by Crippen LogP contribution is -2.41. The zero-order valence-electron chi connectivity index (χ0n) is 15.8. The average Bonchev–Trinajstić information content (AvgIpc) is 3.05. The van der Waals surface area contributed by atoms with Gasteiger partial charge in [-0.2, -0.15) is 0 Å². The molecule has 28 heavy (non-hydrogen) atoms. The third-order valence-electron chi connectivity index (χ3n) is 4.79. The second kappa shape index (κ2) is 8.73. The number of para-hydroxylation sites is 1. The summed E-state index contributed by atoms with van der Waals surface area (Å²) in [6.07, 6.45) is 1.14. The van der Waals surface area contributed by atoms with E-state index in [0.29, 0.717) is 29.9 Å². The highest BCUT2D eigenvalue weighted by Gasteiger charge is 2.36. The molecule has 1 saturated heterocycles. The molecule has 2 aromatic carbocycles. The van der Waals surface area contributed by atoms with Crippen molar-refractivity contribution in [1.29, 1.82) is 0 Å². The molecular weight excluding hydrogens is 381 g/mol. The molecule has 0 aromatic heterocycles. The smallest absolute Gasteiger partial charge is 0.258 e. The highest BCUT2D eigenvalue weighted by atomic mass is 32.2. The van der Waals surface area contributed by atoms with Gasteiger partial charge in [-0.25, -0.2) is 12.8 Å². The van der Waals surface area contributed by atoms with Crippen LogP contribution in [0.2, 0.25) is 0 Å². The van der Waals surface area contributed by atoms with Crippen molar-refractivity contribution in [3.05, 3.63) is 65.5 Å². The van der Waals surface area contributed by atoms with Crippen LogP contribution in [0.15, 0.2) is 48.5 Å². The van der Waals surface area contributed by atoms with E-state index < -0.39 is 21.7 Å². The molecule has 7 heteroatoms. The number of halogens is 1. The number of carbonyl (C=O) groups excluding carboxylic acids is 1. The van der Waals surface area contributed by atoms with Crippen LogP contribution in [0.5, 0.6) is 5.75 Å². The van der Waals surface area contributed by atoms with E-state index in [0.717, 1.165) is 6.42 Å². The lowest BCUT2D eigenvalue weighted by molar-refractivity contribution is 0.0674. The molecule has 1 unspecified atom stereocenters. The molecular formula is C21H24FNO4S. The molecule has 1 heterocycles. The first-order valence-corrected chi connectivity index (χ1v) is 11.2. The summed E-state index contributed by atoms with van der Waals surface area (Å²) in [5.74, 6) is -0.389. The minimum absolute atomic E-state index is 0.00774. The Morgan fingerprint density at radius 2 is 1.89 bits per heavy atom. The Morgan fingerprint density at radius 1 is 1.18 bits per heavy atom. The third-order valence-corrected chi connectivity index (χ3v) is 6.54. The van der Waals surface area contributed by atoms with Gasteiger partial charge in [0.2, 0.25) is 0 Å². The predicted octanol–water partition coefficient (Wildman–Crippen LogP) is 3.44. The number of hydrogen-bond donors (Lipinski definition) is 0. The number of rotatable bonds is 7. The molecule has 1 aliphatic heterocycles. The van der Waals surface area contributed by atoms with Crippen LogP contribution in [0.4, 0.5) is 4.39 Å². The van der Waals surface area contributed by atoms with E-state index in [2.05, 4.69) is 0 Å². The van der Waals surface area contributed by atoms with Crippen LogP contribution in [0, 0.1) is 5.82 Å². The molecule has 0 bridgehead atoms. The Labute approximate surface area is 165 Å². The summed E-state index contributed by atoms with van der Waals surface area (Å²) in [5, 5.41) is 0. The van der Waals surface area contributed by atoms with E-state index in [1.807, 2.05) is 6.92 Å². The molecule has 0 spiro atoms. The Morgan fingerprint density at radius 3 is 2.57 bits per heavy atom. The number of ether oxygens (including phenoxy) is 1. The van der Waals surface area contributed by atoms with Crippen LogP contribution in [-0.2, 0) is 16.4 Å². The number of nitrogens with zero attached hydrogens (tertiary/aromatic N) is 1. The molecule has 2 aromatic rings. The maximum Gasteiger partial charge on any atom is 0.258 e. The zero-order chi connectivity index (χ0) is 20.1. The SMILES string of the molecule is CCCOc1ccccc1C(=O)N(Cc1ccccc1F)C1CCS(=O)(=O)C1. The Kier molecular flexibility index (Phi) is 6.34. The fourth-order valence-corrected chi connectivity index (χ4v) is 5.06. The fraction of sp³-hybridized carbons (Fsp3) is 0.381.